The Morgan fingerprint density at radius 2 is 2.00 bits per heavy atom. The molecule has 110 valence electrons. The lowest BCUT2D eigenvalue weighted by Gasteiger charge is -2.07. The smallest absolute Gasteiger partial charge is 0.256 e. The predicted octanol–water partition coefficient (Wildman–Crippen LogP) is 2.08. The van der Waals surface area contributed by atoms with Crippen LogP contribution < -0.4 is 11.1 Å². The lowest BCUT2D eigenvalue weighted by atomic mass is 10.2. The fourth-order valence-corrected chi connectivity index (χ4v) is 2.53. The summed E-state index contributed by atoms with van der Waals surface area (Å²) in [5.74, 6) is -0.131. The minimum absolute atomic E-state index is 0.00332. The zero-order valence-corrected chi connectivity index (χ0v) is 13.4. The van der Waals surface area contributed by atoms with E-state index in [1.54, 1.807) is 12.1 Å². The normalized spacial score (nSPS) is 11.1. The van der Waals surface area contributed by atoms with E-state index in [1.165, 1.54) is 24.4 Å². The van der Waals surface area contributed by atoms with Gasteiger partial charge in [-0.1, -0.05) is 0 Å². The number of nitrogen functional groups attached to an aromatic ring is 1. The van der Waals surface area contributed by atoms with Crippen LogP contribution in [0.1, 0.15) is 10.4 Å². The summed E-state index contributed by atoms with van der Waals surface area (Å²) in [6, 6.07) is 7.34. The van der Waals surface area contributed by atoms with Crippen LogP contribution >= 0.6 is 15.9 Å². The fourth-order valence-electron chi connectivity index (χ4n) is 1.61. The summed E-state index contributed by atoms with van der Waals surface area (Å²) >= 11 is 3.24. The number of aromatic nitrogens is 1. The first-order chi connectivity index (χ1) is 9.75. The number of benzene rings is 1. The molecule has 0 fully saturated rings. The number of carbonyl (C=O) groups excluding carboxylic acids is 1. The van der Waals surface area contributed by atoms with Gasteiger partial charge in [0.15, 0.2) is 9.84 Å². The second-order valence-corrected chi connectivity index (χ2v) is 7.31. The van der Waals surface area contributed by atoms with E-state index < -0.39 is 15.7 Å². The van der Waals surface area contributed by atoms with Crippen molar-refractivity contribution in [3.8, 4) is 0 Å². The Kier molecular flexibility index (Phi) is 4.29. The molecule has 0 spiro atoms. The van der Waals surface area contributed by atoms with Gasteiger partial charge in [-0.2, -0.15) is 0 Å². The Hall–Kier alpha value is -1.93. The molecule has 1 aromatic heterocycles. The highest BCUT2D eigenvalue weighted by atomic mass is 79.9. The number of hydrogen-bond acceptors (Lipinski definition) is 5. The van der Waals surface area contributed by atoms with Gasteiger partial charge in [-0.25, -0.2) is 13.4 Å². The molecule has 3 N–H and O–H groups in total. The van der Waals surface area contributed by atoms with E-state index in [0.717, 1.165) is 10.7 Å². The van der Waals surface area contributed by atoms with Gasteiger partial charge in [-0.05, 0) is 46.3 Å². The molecular formula is C13H12BrN3O3S. The number of hydrogen-bond donors (Lipinski definition) is 2. The number of carbonyl (C=O) groups is 1. The SMILES string of the molecule is CS(=O)(=O)c1cc(N)cc(C(=O)Nc2ccc(Br)cn2)c1. The summed E-state index contributed by atoms with van der Waals surface area (Å²) in [6.07, 6.45) is 2.59. The molecule has 6 nitrogen and oxygen atoms in total. The molecule has 0 radical (unpaired) electrons. The number of nitrogens with one attached hydrogen (secondary N) is 1. The minimum atomic E-state index is -3.44. The fraction of sp³-hybridized carbons (Fsp3) is 0.0769. The molecule has 1 aromatic carbocycles. The van der Waals surface area contributed by atoms with Crippen molar-refractivity contribution < 1.29 is 13.2 Å². The lowest BCUT2D eigenvalue weighted by Crippen LogP contribution is -2.14. The molecule has 2 rings (SSSR count). The first kappa shape index (κ1) is 15.5. The molecule has 8 heteroatoms. The molecule has 1 heterocycles. The van der Waals surface area contributed by atoms with Crippen LogP contribution in [-0.4, -0.2) is 25.6 Å². The second-order valence-electron chi connectivity index (χ2n) is 4.38. The Balaban J connectivity index is 2.31. The van der Waals surface area contributed by atoms with Crippen molar-refractivity contribution in [1.82, 2.24) is 4.98 Å². The number of anilines is 2. The van der Waals surface area contributed by atoms with Crippen molar-refractivity contribution in [2.75, 3.05) is 17.3 Å². The third-order valence-corrected chi connectivity index (χ3v) is 4.15. The van der Waals surface area contributed by atoms with E-state index in [2.05, 4.69) is 26.2 Å². The monoisotopic (exact) mass is 369 g/mol. The number of nitrogens with zero attached hydrogens (tertiary/aromatic N) is 1. The van der Waals surface area contributed by atoms with Gasteiger partial charge in [-0.15, -0.1) is 0 Å². The number of amides is 1. The Morgan fingerprint density at radius 3 is 2.57 bits per heavy atom. The standard InChI is InChI=1S/C13H12BrN3O3S/c1-21(19,20)11-5-8(4-10(15)6-11)13(18)17-12-3-2-9(14)7-16-12/h2-7H,15H2,1H3,(H,16,17,18). The molecular weight excluding hydrogens is 358 g/mol. The molecule has 1 amide bonds. The Bertz CT molecular complexity index is 789. The van der Waals surface area contributed by atoms with Gasteiger partial charge < -0.3 is 11.1 Å². The van der Waals surface area contributed by atoms with E-state index in [0.29, 0.717) is 5.82 Å². The highest BCUT2D eigenvalue weighted by molar-refractivity contribution is 9.10. The molecule has 21 heavy (non-hydrogen) atoms. The lowest BCUT2D eigenvalue weighted by molar-refractivity contribution is 0.102. The van der Waals surface area contributed by atoms with Crippen LogP contribution in [0.4, 0.5) is 11.5 Å². The van der Waals surface area contributed by atoms with Crippen molar-refractivity contribution in [3.63, 3.8) is 0 Å². The van der Waals surface area contributed by atoms with Crippen molar-refractivity contribution >= 4 is 43.2 Å². The highest BCUT2D eigenvalue weighted by Gasteiger charge is 2.14. The molecule has 0 saturated carbocycles. The molecule has 2 aromatic rings. The van der Waals surface area contributed by atoms with Gasteiger partial charge in [0.2, 0.25) is 0 Å². The highest BCUT2D eigenvalue weighted by Crippen LogP contribution is 2.18. The second kappa shape index (κ2) is 5.82. The summed E-state index contributed by atoms with van der Waals surface area (Å²) in [7, 11) is -3.44. The van der Waals surface area contributed by atoms with Gasteiger partial charge in [0, 0.05) is 28.2 Å². The van der Waals surface area contributed by atoms with Crippen LogP contribution in [0.2, 0.25) is 0 Å². The van der Waals surface area contributed by atoms with Crippen molar-refractivity contribution in [3.05, 3.63) is 46.6 Å². The molecule has 0 atom stereocenters. The van der Waals surface area contributed by atoms with Crippen LogP contribution in [0.15, 0.2) is 45.9 Å². The molecule has 0 saturated heterocycles. The summed E-state index contributed by atoms with van der Waals surface area (Å²) in [4.78, 5) is 16.1. The largest absolute Gasteiger partial charge is 0.399 e. The van der Waals surface area contributed by atoms with Crippen LogP contribution in [0.3, 0.4) is 0 Å². The molecule has 0 unspecified atom stereocenters. The Labute approximate surface area is 130 Å². The van der Waals surface area contributed by atoms with Crippen LogP contribution in [0.25, 0.3) is 0 Å². The summed E-state index contributed by atoms with van der Waals surface area (Å²) in [5.41, 5.74) is 5.99. The molecule has 0 bridgehead atoms. The summed E-state index contributed by atoms with van der Waals surface area (Å²) < 4.78 is 23.9. The van der Waals surface area contributed by atoms with E-state index in [-0.39, 0.29) is 16.1 Å². The van der Waals surface area contributed by atoms with Crippen molar-refractivity contribution in [2.45, 2.75) is 4.90 Å². The third-order valence-electron chi connectivity index (χ3n) is 2.59. The van der Waals surface area contributed by atoms with E-state index in [1.807, 2.05) is 0 Å². The van der Waals surface area contributed by atoms with E-state index >= 15 is 0 Å². The summed E-state index contributed by atoms with van der Waals surface area (Å²) in [5, 5.41) is 2.57. The van der Waals surface area contributed by atoms with Gasteiger partial charge in [0.25, 0.3) is 5.91 Å². The molecule has 0 aliphatic carbocycles. The van der Waals surface area contributed by atoms with Gasteiger partial charge in [0.05, 0.1) is 4.90 Å². The van der Waals surface area contributed by atoms with Crippen LogP contribution in [-0.2, 0) is 9.84 Å². The minimum Gasteiger partial charge on any atom is -0.399 e. The van der Waals surface area contributed by atoms with Gasteiger partial charge in [-0.3, -0.25) is 4.79 Å². The number of pyridine rings is 1. The van der Waals surface area contributed by atoms with E-state index in [4.69, 9.17) is 5.73 Å². The number of halogens is 1. The topological polar surface area (TPSA) is 102 Å². The van der Waals surface area contributed by atoms with Gasteiger partial charge in [0.1, 0.15) is 5.82 Å². The average molecular weight is 370 g/mol. The summed E-state index contributed by atoms with van der Waals surface area (Å²) in [6.45, 7) is 0. The van der Waals surface area contributed by atoms with Crippen LogP contribution in [0, 0.1) is 0 Å². The van der Waals surface area contributed by atoms with Crippen LogP contribution in [0.5, 0.6) is 0 Å². The first-order valence-corrected chi connectivity index (χ1v) is 8.48. The number of nitrogens with two attached hydrogens (primary N) is 1. The number of rotatable bonds is 3. The van der Waals surface area contributed by atoms with Gasteiger partial charge >= 0.3 is 0 Å². The predicted molar refractivity (Wildman–Crippen MR) is 83.9 cm³/mol. The zero-order chi connectivity index (χ0) is 15.6. The van der Waals surface area contributed by atoms with Crippen molar-refractivity contribution in [1.29, 1.82) is 0 Å². The maximum Gasteiger partial charge on any atom is 0.256 e. The Morgan fingerprint density at radius 1 is 1.29 bits per heavy atom. The van der Waals surface area contributed by atoms with Crippen molar-refractivity contribution in [2.24, 2.45) is 0 Å². The first-order valence-electron chi connectivity index (χ1n) is 5.79. The number of sulfone groups is 1. The third kappa shape index (κ3) is 4.02. The molecule has 0 aliphatic heterocycles. The van der Waals surface area contributed by atoms with E-state index in [9.17, 15) is 13.2 Å². The zero-order valence-electron chi connectivity index (χ0n) is 11.0. The molecule has 0 aliphatic rings. The maximum atomic E-state index is 12.1. The average Bonchev–Trinajstić information content (AvgIpc) is 2.39. The quantitative estimate of drug-likeness (QED) is 0.806. The maximum absolute atomic E-state index is 12.1.